The molecule has 1 fully saturated rings. The Morgan fingerprint density at radius 3 is 2.64 bits per heavy atom. The van der Waals surface area contributed by atoms with E-state index in [-0.39, 0.29) is 5.56 Å². The van der Waals surface area contributed by atoms with Gasteiger partial charge in [0, 0.05) is 12.1 Å². The highest BCUT2D eigenvalue weighted by molar-refractivity contribution is 5.81. The molecule has 0 aliphatic carbocycles. The van der Waals surface area contributed by atoms with Gasteiger partial charge in [0.1, 0.15) is 5.82 Å². The van der Waals surface area contributed by atoms with E-state index in [9.17, 15) is 4.79 Å². The zero-order valence-corrected chi connectivity index (χ0v) is 16.3. The summed E-state index contributed by atoms with van der Waals surface area (Å²) in [5, 5.41) is 0.503. The van der Waals surface area contributed by atoms with Crippen LogP contribution in [0.2, 0.25) is 0 Å². The standard InChI is InChI=1S/C22H25N3O3/c1-27-19-12-17-18(13-20(19)28-2)23-21(24-22(17)26)14-25-10-6-9-16(25)11-15-7-4-3-5-8-15/h3-5,7-8,12-13,16H,6,9-11,14H2,1-2H3,(H,23,24,26). The third-order valence-electron chi connectivity index (χ3n) is 5.43. The van der Waals surface area contributed by atoms with Crippen LogP contribution in [0.5, 0.6) is 11.5 Å². The SMILES string of the molecule is COc1cc2nc(CN3CCCC3Cc3ccccc3)[nH]c(=O)c2cc1OC. The minimum Gasteiger partial charge on any atom is -0.493 e. The Hall–Kier alpha value is -2.86. The van der Waals surface area contributed by atoms with Crippen LogP contribution in [-0.4, -0.2) is 41.7 Å². The van der Waals surface area contributed by atoms with Crippen LogP contribution in [-0.2, 0) is 13.0 Å². The fourth-order valence-electron chi connectivity index (χ4n) is 4.00. The zero-order valence-electron chi connectivity index (χ0n) is 16.3. The van der Waals surface area contributed by atoms with E-state index < -0.39 is 0 Å². The second-order valence-corrected chi connectivity index (χ2v) is 7.19. The molecule has 146 valence electrons. The quantitative estimate of drug-likeness (QED) is 0.713. The van der Waals surface area contributed by atoms with E-state index in [2.05, 4.69) is 34.1 Å². The molecule has 3 aromatic rings. The molecule has 2 heterocycles. The molecule has 1 unspecified atom stereocenters. The molecule has 1 N–H and O–H groups in total. The predicted molar refractivity (Wildman–Crippen MR) is 109 cm³/mol. The number of benzene rings is 2. The number of nitrogens with one attached hydrogen (secondary N) is 1. The van der Waals surface area contributed by atoms with Gasteiger partial charge in [-0.25, -0.2) is 4.98 Å². The maximum absolute atomic E-state index is 12.6. The molecule has 0 bridgehead atoms. The van der Waals surface area contributed by atoms with Crippen molar-refractivity contribution in [2.45, 2.75) is 31.8 Å². The molecule has 1 aliphatic rings. The summed E-state index contributed by atoms with van der Waals surface area (Å²) in [7, 11) is 3.14. The number of aromatic nitrogens is 2. The molecule has 4 rings (SSSR count). The van der Waals surface area contributed by atoms with Crippen molar-refractivity contribution < 1.29 is 9.47 Å². The summed E-state index contributed by atoms with van der Waals surface area (Å²) in [6.07, 6.45) is 3.35. The zero-order chi connectivity index (χ0) is 19.5. The first-order chi connectivity index (χ1) is 13.7. The Morgan fingerprint density at radius 2 is 1.89 bits per heavy atom. The highest BCUT2D eigenvalue weighted by atomic mass is 16.5. The van der Waals surface area contributed by atoms with Crippen LogP contribution in [0.4, 0.5) is 0 Å². The third kappa shape index (κ3) is 3.73. The van der Waals surface area contributed by atoms with Gasteiger partial charge < -0.3 is 14.5 Å². The third-order valence-corrected chi connectivity index (χ3v) is 5.43. The van der Waals surface area contributed by atoms with Gasteiger partial charge in [0.15, 0.2) is 11.5 Å². The van der Waals surface area contributed by atoms with Gasteiger partial charge >= 0.3 is 0 Å². The first kappa shape index (κ1) is 18.5. The molecule has 28 heavy (non-hydrogen) atoms. The van der Waals surface area contributed by atoms with Gasteiger partial charge in [-0.1, -0.05) is 30.3 Å². The maximum atomic E-state index is 12.6. The van der Waals surface area contributed by atoms with E-state index in [4.69, 9.17) is 14.5 Å². The van der Waals surface area contributed by atoms with E-state index >= 15 is 0 Å². The number of methoxy groups -OCH3 is 2. The van der Waals surface area contributed by atoms with Crippen LogP contribution >= 0.6 is 0 Å². The lowest BCUT2D eigenvalue weighted by Gasteiger charge is -2.24. The second kappa shape index (κ2) is 8.02. The maximum Gasteiger partial charge on any atom is 0.258 e. The number of H-pyrrole nitrogens is 1. The lowest BCUT2D eigenvalue weighted by Crippen LogP contribution is -2.32. The summed E-state index contributed by atoms with van der Waals surface area (Å²) in [5.41, 5.74) is 1.81. The summed E-state index contributed by atoms with van der Waals surface area (Å²) in [5.74, 6) is 1.78. The molecular formula is C22H25N3O3. The summed E-state index contributed by atoms with van der Waals surface area (Å²) in [6, 6.07) is 14.5. The van der Waals surface area contributed by atoms with Gasteiger partial charge in [0.2, 0.25) is 0 Å². The van der Waals surface area contributed by atoms with Crippen molar-refractivity contribution in [3.8, 4) is 11.5 Å². The number of hydrogen-bond donors (Lipinski definition) is 1. The lowest BCUT2D eigenvalue weighted by atomic mass is 10.0. The summed E-state index contributed by atoms with van der Waals surface area (Å²) < 4.78 is 10.6. The molecule has 6 heteroatoms. The molecule has 6 nitrogen and oxygen atoms in total. The highest BCUT2D eigenvalue weighted by Gasteiger charge is 2.25. The Kier molecular flexibility index (Phi) is 5.30. The molecule has 0 radical (unpaired) electrons. The number of hydrogen-bond acceptors (Lipinski definition) is 5. The number of rotatable bonds is 6. The first-order valence-corrected chi connectivity index (χ1v) is 9.61. The van der Waals surface area contributed by atoms with Crippen LogP contribution in [0.25, 0.3) is 10.9 Å². The Morgan fingerprint density at radius 1 is 1.14 bits per heavy atom. The van der Waals surface area contributed by atoms with E-state index in [1.165, 1.54) is 12.0 Å². The molecule has 2 aromatic carbocycles. The van der Waals surface area contributed by atoms with Crippen molar-refractivity contribution in [2.24, 2.45) is 0 Å². The topological polar surface area (TPSA) is 67.5 Å². The Bertz CT molecular complexity index is 1020. The van der Waals surface area contributed by atoms with Crippen LogP contribution in [0, 0.1) is 0 Å². The van der Waals surface area contributed by atoms with Crippen LogP contribution in [0.15, 0.2) is 47.3 Å². The van der Waals surface area contributed by atoms with Crippen LogP contribution < -0.4 is 15.0 Å². The number of aromatic amines is 1. The number of likely N-dealkylation sites (tertiary alicyclic amines) is 1. The molecule has 1 aromatic heterocycles. The Balaban J connectivity index is 1.59. The fourth-order valence-corrected chi connectivity index (χ4v) is 4.00. The average molecular weight is 379 g/mol. The van der Waals surface area contributed by atoms with Crippen molar-refractivity contribution >= 4 is 10.9 Å². The summed E-state index contributed by atoms with van der Waals surface area (Å²) in [4.78, 5) is 22.7. The predicted octanol–water partition coefficient (Wildman–Crippen LogP) is 3.15. The van der Waals surface area contributed by atoms with Crippen molar-refractivity contribution in [2.75, 3.05) is 20.8 Å². The van der Waals surface area contributed by atoms with Gasteiger partial charge in [-0.3, -0.25) is 9.69 Å². The second-order valence-electron chi connectivity index (χ2n) is 7.19. The van der Waals surface area contributed by atoms with Crippen LogP contribution in [0.3, 0.4) is 0 Å². The number of fused-ring (bicyclic) bond motifs is 1. The minimum atomic E-state index is -0.153. The van der Waals surface area contributed by atoms with Crippen molar-refractivity contribution in [1.29, 1.82) is 0 Å². The summed E-state index contributed by atoms with van der Waals surface area (Å²) in [6.45, 7) is 1.65. The van der Waals surface area contributed by atoms with Gasteiger partial charge in [0.25, 0.3) is 5.56 Å². The van der Waals surface area contributed by atoms with Crippen molar-refractivity contribution in [3.05, 3.63) is 64.2 Å². The smallest absolute Gasteiger partial charge is 0.258 e. The molecule has 1 atom stereocenters. The van der Waals surface area contributed by atoms with E-state index in [0.717, 1.165) is 19.4 Å². The molecular weight excluding hydrogens is 354 g/mol. The van der Waals surface area contributed by atoms with Gasteiger partial charge in [-0.2, -0.15) is 0 Å². The van der Waals surface area contributed by atoms with Crippen molar-refractivity contribution in [1.82, 2.24) is 14.9 Å². The molecule has 0 amide bonds. The summed E-state index contributed by atoms with van der Waals surface area (Å²) >= 11 is 0. The van der Waals surface area contributed by atoms with Crippen LogP contribution in [0.1, 0.15) is 24.2 Å². The normalized spacial score (nSPS) is 17.1. The van der Waals surface area contributed by atoms with E-state index in [0.29, 0.717) is 40.8 Å². The Labute approximate surface area is 164 Å². The highest BCUT2D eigenvalue weighted by Crippen LogP contribution is 2.30. The van der Waals surface area contributed by atoms with E-state index in [1.54, 1.807) is 26.4 Å². The fraction of sp³-hybridized carbons (Fsp3) is 0.364. The molecule has 0 saturated carbocycles. The van der Waals surface area contributed by atoms with Gasteiger partial charge in [0.05, 0.1) is 31.7 Å². The number of ether oxygens (including phenoxy) is 2. The monoisotopic (exact) mass is 379 g/mol. The van der Waals surface area contributed by atoms with Gasteiger partial charge in [-0.15, -0.1) is 0 Å². The average Bonchev–Trinajstić information content (AvgIpc) is 3.14. The van der Waals surface area contributed by atoms with E-state index in [1.807, 2.05) is 6.07 Å². The minimum absolute atomic E-state index is 0.153. The molecule has 1 aliphatic heterocycles. The van der Waals surface area contributed by atoms with Crippen molar-refractivity contribution in [3.63, 3.8) is 0 Å². The number of nitrogens with zero attached hydrogens (tertiary/aromatic N) is 2. The van der Waals surface area contributed by atoms with Gasteiger partial charge in [-0.05, 0) is 37.4 Å². The first-order valence-electron chi connectivity index (χ1n) is 9.61. The molecule has 0 spiro atoms. The molecule has 1 saturated heterocycles. The largest absolute Gasteiger partial charge is 0.493 e. The lowest BCUT2D eigenvalue weighted by molar-refractivity contribution is 0.238.